The van der Waals surface area contributed by atoms with Crippen LogP contribution in [0, 0.1) is 0 Å². The fraction of sp³-hybridized carbons (Fsp3) is 0.389. The van der Waals surface area contributed by atoms with Gasteiger partial charge in [0.15, 0.2) is 6.61 Å². The molecule has 0 unspecified atom stereocenters. The molecule has 136 valence electrons. The molecular weight excluding hydrogens is 326 g/mol. The highest BCUT2D eigenvalue weighted by Gasteiger charge is 2.07. The predicted molar refractivity (Wildman–Crippen MR) is 91.0 cm³/mol. The van der Waals surface area contributed by atoms with Gasteiger partial charge in [0.05, 0.1) is 18.8 Å². The van der Waals surface area contributed by atoms with E-state index in [2.05, 4.69) is 6.58 Å². The van der Waals surface area contributed by atoms with E-state index >= 15 is 0 Å². The normalized spacial score (nSPS) is 9.96. The summed E-state index contributed by atoms with van der Waals surface area (Å²) in [5.41, 5.74) is 5.74. The van der Waals surface area contributed by atoms with Gasteiger partial charge in [-0.1, -0.05) is 6.58 Å². The van der Waals surface area contributed by atoms with E-state index in [4.69, 9.17) is 19.9 Å². The maximum atomic E-state index is 11.9. The number of primary amides is 1. The second kappa shape index (κ2) is 10.9. The summed E-state index contributed by atoms with van der Waals surface area (Å²) in [6.45, 7) is 5.48. The van der Waals surface area contributed by atoms with E-state index in [1.165, 1.54) is 0 Å². The molecule has 0 aliphatic heterocycles. The maximum absolute atomic E-state index is 11.9. The van der Waals surface area contributed by atoms with Gasteiger partial charge < -0.3 is 19.9 Å². The molecule has 2 N–H and O–H groups in total. The third-order valence-corrected chi connectivity index (χ3v) is 3.07. The van der Waals surface area contributed by atoms with Crippen molar-refractivity contribution >= 4 is 17.8 Å². The largest absolute Gasteiger partial charge is 0.484 e. The van der Waals surface area contributed by atoms with Crippen molar-refractivity contribution < 1.29 is 28.6 Å². The highest BCUT2D eigenvalue weighted by Crippen LogP contribution is 2.13. The van der Waals surface area contributed by atoms with Gasteiger partial charge in [0.25, 0.3) is 5.91 Å². The van der Waals surface area contributed by atoms with Crippen LogP contribution in [0.2, 0.25) is 0 Å². The van der Waals surface area contributed by atoms with E-state index in [0.717, 1.165) is 6.42 Å². The lowest BCUT2D eigenvalue weighted by molar-refractivity contribution is -0.139. The van der Waals surface area contributed by atoms with Crippen molar-refractivity contribution in [2.45, 2.75) is 26.2 Å². The summed E-state index contributed by atoms with van der Waals surface area (Å²) in [5, 5.41) is 0. The Labute approximate surface area is 146 Å². The number of unbranched alkanes of at least 4 members (excludes halogenated alkanes) is 2. The van der Waals surface area contributed by atoms with Gasteiger partial charge in [-0.2, -0.15) is 0 Å². The molecular formula is C18H23NO6. The van der Waals surface area contributed by atoms with Crippen molar-refractivity contribution in [1.29, 1.82) is 0 Å². The summed E-state index contributed by atoms with van der Waals surface area (Å²) < 4.78 is 15.2. The quantitative estimate of drug-likeness (QED) is 0.372. The Hall–Kier alpha value is -2.83. The first-order valence-electron chi connectivity index (χ1n) is 7.91. The van der Waals surface area contributed by atoms with Crippen molar-refractivity contribution in [3.8, 4) is 5.75 Å². The number of carbonyl (C=O) groups excluding carboxylic acids is 3. The van der Waals surface area contributed by atoms with Crippen molar-refractivity contribution in [2.24, 2.45) is 5.73 Å². The molecule has 1 amide bonds. The smallest absolute Gasteiger partial charge is 0.338 e. The molecule has 0 aliphatic carbocycles. The fourth-order valence-corrected chi connectivity index (χ4v) is 1.76. The second-order valence-electron chi connectivity index (χ2n) is 5.39. The number of benzene rings is 1. The minimum absolute atomic E-state index is 0.217. The zero-order valence-electron chi connectivity index (χ0n) is 14.3. The number of hydrogen-bond acceptors (Lipinski definition) is 6. The average Bonchev–Trinajstić information content (AvgIpc) is 2.59. The summed E-state index contributed by atoms with van der Waals surface area (Å²) in [4.78, 5) is 33.6. The first-order valence-corrected chi connectivity index (χ1v) is 7.91. The Bertz CT molecular complexity index is 608. The van der Waals surface area contributed by atoms with Crippen LogP contribution in [0.5, 0.6) is 5.75 Å². The van der Waals surface area contributed by atoms with E-state index < -0.39 is 17.8 Å². The van der Waals surface area contributed by atoms with Gasteiger partial charge in [0.1, 0.15) is 5.75 Å². The zero-order valence-corrected chi connectivity index (χ0v) is 14.3. The van der Waals surface area contributed by atoms with Crippen molar-refractivity contribution in [3.05, 3.63) is 42.0 Å². The number of ether oxygens (including phenoxy) is 3. The van der Waals surface area contributed by atoms with Crippen LogP contribution >= 0.6 is 0 Å². The number of carbonyl (C=O) groups is 3. The minimum Gasteiger partial charge on any atom is -0.484 e. The van der Waals surface area contributed by atoms with Crippen LogP contribution in [0.3, 0.4) is 0 Å². The molecule has 0 bridgehead atoms. The van der Waals surface area contributed by atoms with Gasteiger partial charge in [-0.25, -0.2) is 9.59 Å². The van der Waals surface area contributed by atoms with Crippen molar-refractivity contribution in [1.82, 2.24) is 0 Å². The number of hydrogen-bond donors (Lipinski definition) is 1. The van der Waals surface area contributed by atoms with E-state index in [0.29, 0.717) is 36.3 Å². The van der Waals surface area contributed by atoms with Crippen molar-refractivity contribution in [2.75, 3.05) is 19.8 Å². The molecule has 7 heteroatoms. The number of rotatable bonds is 11. The first-order chi connectivity index (χ1) is 11.9. The summed E-state index contributed by atoms with van der Waals surface area (Å²) in [6.07, 6.45) is 2.15. The topological polar surface area (TPSA) is 105 Å². The molecule has 0 saturated carbocycles. The predicted octanol–water partition coefficient (Wildman–Crippen LogP) is 2.00. The molecule has 0 aliphatic rings. The monoisotopic (exact) mass is 349 g/mol. The Kier molecular flexibility index (Phi) is 8.78. The Morgan fingerprint density at radius 1 is 1.00 bits per heavy atom. The lowest BCUT2D eigenvalue weighted by Crippen LogP contribution is -2.20. The lowest BCUT2D eigenvalue weighted by atomic mass is 10.2. The summed E-state index contributed by atoms with van der Waals surface area (Å²) in [5.74, 6) is -0.956. The maximum Gasteiger partial charge on any atom is 0.338 e. The Balaban J connectivity index is 2.18. The number of nitrogens with two attached hydrogens (primary N) is 1. The van der Waals surface area contributed by atoms with E-state index in [1.54, 1.807) is 31.2 Å². The molecule has 7 nitrogen and oxygen atoms in total. The van der Waals surface area contributed by atoms with Crippen LogP contribution in [-0.4, -0.2) is 37.7 Å². The van der Waals surface area contributed by atoms with Gasteiger partial charge in [-0.05, 0) is 50.5 Å². The lowest BCUT2D eigenvalue weighted by Gasteiger charge is -2.07. The SMILES string of the molecule is C=C(C)C(=O)OCCCCCOC(=O)c1ccc(OCC(N)=O)cc1. The molecule has 25 heavy (non-hydrogen) atoms. The molecule has 0 saturated heterocycles. The summed E-state index contributed by atoms with van der Waals surface area (Å²) in [6, 6.07) is 6.23. The second-order valence-corrected chi connectivity index (χ2v) is 5.39. The molecule has 1 aromatic carbocycles. The highest BCUT2D eigenvalue weighted by molar-refractivity contribution is 5.89. The first kappa shape index (κ1) is 20.2. The van der Waals surface area contributed by atoms with E-state index in [1.807, 2.05) is 0 Å². The van der Waals surface area contributed by atoms with Gasteiger partial charge in [-0.15, -0.1) is 0 Å². The van der Waals surface area contributed by atoms with Crippen LogP contribution in [0.25, 0.3) is 0 Å². The molecule has 0 radical (unpaired) electrons. The van der Waals surface area contributed by atoms with Gasteiger partial charge in [0.2, 0.25) is 0 Å². The summed E-state index contributed by atoms with van der Waals surface area (Å²) >= 11 is 0. The van der Waals surface area contributed by atoms with E-state index in [9.17, 15) is 14.4 Å². The van der Waals surface area contributed by atoms with Crippen LogP contribution in [0.4, 0.5) is 0 Å². The molecule has 1 rings (SSSR count). The van der Waals surface area contributed by atoms with Gasteiger partial charge >= 0.3 is 11.9 Å². The molecule has 0 fully saturated rings. The standard InChI is InChI=1S/C18H23NO6/c1-13(2)17(21)23-10-4-3-5-11-24-18(22)14-6-8-15(9-7-14)25-12-16(19)20/h6-9H,1,3-5,10-12H2,2H3,(H2,19,20). The molecule has 0 heterocycles. The minimum atomic E-state index is -0.571. The van der Waals surface area contributed by atoms with Crippen LogP contribution in [-0.2, 0) is 19.1 Å². The third-order valence-electron chi connectivity index (χ3n) is 3.07. The van der Waals surface area contributed by atoms with Crippen LogP contribution in [0.15, 0.2) is 36.4 Å². The number of amides is 1. The molecule has 0 atom stereocenters. The van der Waals surface area contributed by atoms with Crippen LogP contribution in [0.1, 0.15) is 36.5 Å². The van der Waals surface area contributed by atoms with Gasteiger partial charge in [-0.3, -0.25) is 4.79 Å². The Morgan fingerprint density at radius 3 is 2.16 bits per heavy atom. The molecule has 1 aromatic rings. The fourth-order valence-electron chi connectivity index (χ4n) is 1.76. The number of esters is 2. The van der Waals surface area contributed by atoms with Crippen LogP contribution < -0.4 is 10.5 Å². The zero-order chi connectivity index (χ0) is 18.7. The van der Waals surface area contributed by atoms with Gasteiger partial charge in [0, 0.05) is 5.57 Å². The van der Waals surface area contributed by atoms with E-state index in [-0.39, 0.29) is 13.2 Å². The highest BCUT2D eigenvalue weighted by atomic mass is 16.5. The molecule has 0 aromatic heterocycles. The average molecular weight is 349 g/mol. The van der Waals surface area contributed by atoms with Crippen molar-refractivity contribution in [3.63, 3.8) is 0 Å². The summed E-state index contributed by atoms with van der Waals surface area (Å²) in [7, 11) is 0. The Morgan fingerprint density at radius 2 is 1.60 bits per heavy atom. The third kappa shape index (κ3) is 8.55. The molecule has 0 spiro atoms.